The van der Waals surface area contributed by atoms with Crippen LogP contribution in [0.4, 0.5) is 4.39 Å². The first kappa shape index (κ1) is 15.0. The van der Waals surface area contributed by atoms with Crippen LogP contribution in [-0.4, -0.2) is 20.9 Å². The number of alkyl halides is 1. The summed E-state index contributed by atoms with van der Waals surface area (Å²) in [7, 11) is 3.14. The van der Waals surface area contributed by atoms with Crippen molar-refractivity contribution < 1.29 is 13.9 Å². The van der Waals surface area contributed by atoms with E-state index in [4.69, 9.17) is 15.2 Å². The van der Waals surface area contributed by atoms with E-state index in [1.165, 1.54) is 0 Å². The molecule has 16 heavy (non-hydrogen) atoms. The molecule has 5 heteroatoms. The Morgan fingerprint density at radius 2 is 2.00 bits per heavy atom. The predicted molar refractivity (Wildman–Crippen MR) is 64.3 cm³/mol. The second-order valence-electron chi connectivity index (χ2n) is 3.19. The zero-order chi connectivity index (χ0) is 11.3. The number of hydrogen-bond donors (Lipinski definition) is 1. The lowest BCUT2D eigenvalue weighted by Crippen LogP contribution is -2.12. The summed E-state index contributed by atoms with van der Waals surface area (Å²) in [6.07, 6.45) is 0.294. The fourth-order valence-electron chi connectivity index (χ4n) is 1.40. The number of rotatable bonds is 5. The van der Waals surface area contributed by atoms with Gasteiger partial charge in [0.05, 0.1) is 20.9 Å². The summed E-state index contributed by atoms with van der Waals surface area (Å²) in [5.74, 6) is 1.33. The lowest BCUT2D eigenvalue weighted by Gasteiger charge is -2.15. The van der Waals surface area contributed by atoms with Crippen LogP contribution in [0.3, 0.4) is 0 Å². The Bertz CT molecular complexity index is 323. The molecule has 0 radical (unpaired) electrons. The number of nitrogens with two attached hydrogens (primary N) is 1. The molecule has 0 unspecified atom stereocenters. The van der Waals surface area contributed by atoms with Crippen LogP contribution in [0.15, 0.2) is 18.2 Å². The highest BCUT2D eigenvalue weighted by atomic mass is 35.5. The van der Waals surface area contributed by atoms with Gasteiger partial charge in [-0.05, 0) is 12.5 Å². The number of ether oxygens (including phenoxy) is 2. The van der Waals surface area contributed by atoms with Crippen LogP contribution in [0.5, 0.6) is 11.5 Å². The highest BCUT2D eigenvalue weighted by Gasteiger charge is 2.12. The Kier molecular flexibility index (Phi) is 6.85. The molecule has 3 nitrogen and oxygen atoms in total. The zero-order valence-corrected chi connectivity index (χ0v) is 10.2. The van der Waals surface area contributed by atoms with Gasteiger partial charge in [0.2, 0.25) is 0 Å². The molecule has 92 valence electrons. The minimum Gasteiger partial charge on any atom is -0.497 e. The van der Waals surface area contributed by atoms with E-state index in [1.807, 2.05) is 0 Å². The normalized spacial score (nSPS) is 11.5. The molecular formula is C11H17ClFNO2. The maximum Gasteiger partial charge on any atom is 0.127 e. The minimum atomic E-state index is -0.434. The molecule has 1 rings (SSSR count). The van der Waals surface area contributed by atoms with Crippen LogP contribution < -0.4 is 15.2 Å². The van der Waals surface area contributed by atoms with Crippen LogP contribution in [0.25, 0.3) is 0 Å². The number of benzene rings is 1. The third kappa shape index (κ3) is 3.54. The van der Waals surface area contributed by atoms with Gasteiger partial charge in [-0.15, -0.1) is 12.4 Å². The summed E-state index contributed by atoms with van der Waals surface area (Å²) in [4.78, 5) is 0. The molecule has 0 saturated carbocycles. The largest absolute Gasteiger partial charge is 0.497 e. The third-order valence-electron chi connectivity index (χ3n) is 2.26. The average molecular weight is 250 g/mol. The molecule has 0 aliphatic heterocycles. The van der Waals surface area contributed by atoms with Crippen LogP contribution >= 0.6 is 12.4 Å². The second kappa shape index (κ2) is 7.30. The topological polar surface area (TPSA) is 44.5 Å². The molecule has 0 aliphatic carbocycles. The van der Waals surface area contributed by atoms with E-state index < -0.39 is 6.67 Å². The Morgan fingerprint density at radius 1 is 1.31 bits per heavy atom. The fraction of sp³-hybridized carbons (Fsp3) is 0.455. The third-order valence-corrected chi connectivity index (χ3v) is 2.26. The molecule has 0 bridgehead atoms. The lowest BCUT2D eigenvalue weighted by molar-refractivity contribution is 0.382. The quantitative estimate of drug-likeness (QED) is 0.872. The first-order chi connectivity index (χ1) is 7.22. The molecule has 1 aromatic carbocycles. The summed E-state index contributed by atoms with van der Waals surface area (Å²) < 4.78 is 22.4. The monoisotopic (exact) mass is 249 g/mol. The zero-order valence-electron chi connectivity index (χ0n) is 9.40. The maximum atomic E-state index is 12.2. The second-order valence-corrected chi connectivity index (χ2v) is 3.19. The van der Waals surface area contributed by atoms with Gasteiger partial charge in [-0.25, -0.2) is 0 Å². The van der Waals surface area contributed by atoms with Gasteiger partial charge in [0.1, 0.15) is 11.5 Å². The standard InChI is InChI=1S/C11H16FNO2.ClH/c1-14-8-3-4-9(10(13)5-6-12)11(7-8)15-2;/h3-4,7,10H,5-6,13H2,1-2H3;1H/t10-;/m0./s1. The van der Waals surface area contributed by atoms with Crippen LogP contribution in [-0.2, 0) is 0 Å². The smallest absolute Gasteiger partial charge is 0.127 e. The number of hydrogen-bond acceptors (Lipinski definition) is 3. The lowest BCUT2D eigenvalue weighted by atomic mass is 10.0. The van der Waals surface area contributed by atoms with Crippen LogP contribution in [0.2, 0.25) is 0 Å². The first-order valence-electron chi connectivity index (χ1n) is 4.76. The molecule has 0 aromatic heterocycles. The van der Waals surface area contributed by atoms with Crippen molar-refractivity contribution in [3.8, 4) is 11.5 Å². The van der Waals surface area contributed by atoms with Gasteiger partial charge in [-0.3, -0.25) is 4.39 Å². The summed E-state index contributed by atoms with van der Waals surface area (Å²) in [5, 5.41) is 0. The van der Waals surface area contributed by atoms with E-state index in [-0.39, 0.29) is 18.4 Å². The number of methoxy groups -OCH3 is 2. The van der Waals surface area contributed by atoms with Gasteiger partial charge < -0.3 is 15.2 Å². The van der Waals surface area contributed by atoms with Crippen molar-refractivity contribution in [2.75, 3.05) is 20.9 Å². The van der Waals surface area contributed by atoms with Crippen LogP contribution in [0.1, 0.15) is 18.0 Å². The van der Waals surface area contributed by atoms with E-state index >= 15 is 0 Å². The van der Waals surface area contributed by atoms with Crippen molar-refractivity contribution in [2.45, 2.75) is 12.5 Å². The summed E-state index contributed by atoms with van der Waals surface area (Å²) in [5.41, 5.74) is 6.61. The minimum absolute atomic E-state index is 0. The van der Waals surface area contributed by atoms with Crippen molar-refractivity contribution in [1.82, 2.24) is 0 Å². The van der Waals surface area contributed by atoms with Crippen molar-refractivity contribution in [3.63, 3.8) is 0 Å². The van der Waals surface area contributed by atoms with Gasteiger partial charge >= 0.3 is 0 Å². The highest BCUT2D eigenvalue weighted by Crippen LogP contribution is 2.29. The summed E-state index contributed by atoms with van der Waals surface area (Å²) in [6, 6.07) is 5.00. The van der Waals surface area contributed by atoms with Crippen molar-refractivity contribution in [1.29, 1.82) is 0 Å². The van der Waals surface area contributed by atoms with Gasteiger partial charge in [-0.2, -0.15) is 0 Å². The van der Waals surface area contributed by atoms with Crippen molar-refractivity contribution in [2.24, 2.45) is 5.73 Å². The summed E-state index contributed by atoms with van der Waals surface area (Å²) >= 11 is 0. The average Bonchev–Trinajstić information content (AvgIpc) is 2.28. The predicted octanol–water partition coefficient (Wildman–Crippen LogP) is 2.49. The molecule has 0 saturated heterocycles. The first-order valence-corrected chi connectivity index (χ1v) is 4.76. The van der Waals surface area contributed by atoms with Gasteiger partial charge in [0, 0.05) is 17.7 Å². The van der Waals surface area contributed by atoms with Gasteiger partial charge in [0.15, 0.2) is 0 Å². The molecule has 2 N–H and O–H groups in total. The molecule has 0 heterocycles. The van der Waals surface area contributed by atoms with Gasteiger partial charge in [0.25, 0.3) is 0 Å². The van der Waals surface area contributed by atoms with Gasteiger partial charge in [-0.1, -0.05) is 6.07 Å². The van der Waals surface area contributed by atoms with E-state index in [1.54, 1.807) is 32.4 Å². The fourth-order valence-corrected chi connectivity index (χ4v) is 1.40. The highest BCUT2D eigenvalue weighted by molar-refractivity contribution is 5.85. The Balaban J connectivity index is 0.00000225. The van der Waals surface area contributed by atoms with E-state index in [9.17, 15) is 4.39 Å². The Hall–Kier alpha value is -1.00. The van der Waals surface area contributed by atoms with Crippen molar-refractivity contribution >= 4 is 12.4 Å². The molecule has 1 aromatic rings. The molecular weight excluding hydrogens is 233 g/mol. The van der Waals surface area contributed by atoms with E-state index in [2.05, 4.69) is 0 Å². The van der Waals surface area contributed by atoms with Crippen LogP contribution in [0, 0.1) is 0 Å². The number of halogens is 2. The molecule has 0 aliphatic rings. The molecule has 0 spiro atoms. The molecule has 1 atom stereocenters. The van der Waals surface area contributed by atoms with E-state index in [0.29, 0.717) is 17.9 Å². The summed E-state index contributed by atoms with van der Waals surface area (Å²) in [6.45, 7) is -0.434. The SMILES string of the molecule is COc1ccc([C@@H](N)CCF)c(OC)c1.Cl. The Morgan fingerprint density at radius 3 is 2.50 bits per heavy atom. The Labute approximate surface area is 101 Å². The van der Waals surface area contributed by atoms with E-state index in [0.717, 1.165) is 5.56 Å². The maximum absolute atomic E-state index is 12.2. The van der Waals surface area contributed by atoms with Crippen molar-refractivity contribution in [3.05, 3.63) is 23.8 Å². The molecule has 0 amide bonds. The molecule has 0 fully saturated rings.